The van der Waals surface area contributed by atoms with Gasteiger partial charge in [-0.2, -0.15) is 0 Å². The fraction of sp³-hybridized carbons (Fsp3) is 0.400. The molecule has 1 unspecified atom stereocenters. The number of carboxylic acid groups (broad SMARTS) is 2. The summed E-state index contributed by atoms with van der Waals surface area (Å²) < 4.78 is 4.81. The van der Waals surface area contributed by atoms with Gasteiger partial charge in [0.2, 0.25) is 0 Å². The predicted octanol–water partition coefficient (Wildman–Crippen LogP) is 1.06. The largest absolute Gasteiger partial charge is 0.478 e. The van der Waals surface area contributed by atoms with Crippen LogP contribution >= 0.6 is 0 Å². The number of carbonyl (C=O) groups is 2. The molecular formula is C10H14O5. The molecule has 0 saturated carbocycles. The van der Waals surface area contributed by atoms with Gasteiger partial charge in [-0.3, -0.25) is 0 Å². The molecule has 0 aromatic heterocycles. The lowest BCUT2D eigenvalue weighted by Gasteiger charge is -1.92. The standard InChI is InChI=1S/C6H8O3.C4H6O2/c1-4(6(7)8)2-5-3-9-5;1-3(2)4(5)6/h5H,1-3H2,(H,7,8);1H2,2H3,(H,5,6). The molecule has 84 valence electrons. The molecule has 1 aliphatic heterocycles. The summed E-state index contributed by atoms with van der Waals surface area (Å²) in [5, 5.41) is 16.2. The van der Waals surface area contributed by atoms with Gasteiger partial charge in [0.05, 0.1) is 12.7 Å². The highest BCUT2D eigenvalue weighted by Gasteiger charge is 2.24. The molecule has 5 heteroatoms. The van der Waals surface area contributed by atoms with E-state index in [2.05, 4.69) is 13.2 Å². The molecular weight excluding hydrogens is 200 g/mol. The van der Waals surface area contributed by atoms with Crippen LogP contribution in [-0.4, -0.2) is 34.9 Å². The van der Waals surface area contributed by atoms with Gasteiger partial charge in [0.15, 0.2) is 0 Å². The number of rotatable bonds is 4. The summed E-state index contributed by atoms with van der Waals surface area (Å²) in [4.78, 5) is 19.7. The lowest BCUT2D eigenvalue weighted by atomic mass is 10.2. The van der Waals surface area contributed by atoms with Crippen molar-refractivity contribution in [2.24, 2.45) is 0 Å². The molecule has 1 atom stereocenters. The highest BCUT2D eigenvalue weighted by Crippen LogP contribution is 2.17. The Balaban J connectivity index is 0.000000288. The zero-order chi connectivity index (χ0) is 12.0. The third-order valence-corrected chi connectivity index (χ3v) is 1.54. The van der Waals surface area contributed by atoms with Gasteiger partial charge in [-0.05, 0) is 6.92 Å². The Kier molecular flexibility index (Phi) is 5.33. The van der Waals surface area contributed by atoms with Crippen LogP contribution in [0.15, 0.2) is 24.3 Å². The summed E-state index contributed by atoms with van der Waals surface area (Å²) in [5.74, 6) is -1.86. The Bertz CT molecular complexity index is 276. The predicted molar refractivity (Wildman–Crippen MR) is 53.6 cm³/mol. The molecule has 0 aromatic rings. The smallest absolute Gasteiger partial charge is 0.331 e. The van der Waals surface area contributed by atoms with Crippen LogP contribution in [-0.2, 0) is 14.3 Å². The van der Waals surface area contributed by atoms with E-state index in [0.717, 1.165) is 0 Å². The van der Waals surface area contributed by atoms with Crippen LogP contribution in [0.3, 0.4) is 0 Å². The first-order valence-corrected chi connectivity index (χ1v) is 4.26. The topological polar surface area (TPSA) is 87.1 Å². The lowest BCUT2D eigenvalue weighted by Crippen LogP contribution is -2.01. The first-order chi connectivity index (χ1) is 6.84. The molecule has 1 rings (SSSR count). The first-order valence-electron chi connectivity index (χ1n) is 4.26. The summed E-state index contributed by atoms with van der Waals surface area (Å²) >= 11 is 0. The van der Waals surface area contributed by atoms with Crippen molar-refractivity contribution in [1.29, 1.82) is 0 Å². The summed E-state index contributed by atoms with van der Waals surface area (Å²) in [6, 6.07) is 0. The second kappa shape index (κ2) is 5.98. The molecule has 0 amide bonds. The van der Waals surface area contributed by atoms with E-state index < -0.39 is 11.9 Å². The van der Waals surface area contributed by atoms with Crippen LogP contribution in [0.2, 0.25) is 0 Å². The highest BCUT2D eigenvalue weighted by atomic mass is 16.6. The molecule has 5 nitrogen and oxygen atoms in total. The molecule has 0 radical (unpaired) electrons. The number of hydrogen-bond donors (Lipinski definition) is 2. The SMILES string of the molecule is C=C(C)C(=O)O.C=C(CC1CO1)C(=O)O. The van der Waals surface area contributed by atoms with E-state index in [9.17, 15) is 9.59 Å². The quantitative estimate of drug-likeness (QED) is 0.539. The maximum atomic E-state index is 10.1. The Morgan fingerprint density at radius 2 is 1.73 bits per heavy atom. The van der Waals surface area contributed by atoms with Crippen LogP contribution in [0, 0.1) is 0 Å². The lowest BCUT2D eigenvalue weighted by molar-refractivity contribution is -0.133. The summed E-state index contributed by atoms with van der Waals surface area (Å²) in [6.45, 7) is 8.64. The molecule has 1 aliphatic rings. The Labute approximate surface area is 87.7 Å². The monoisotopic (exact) mass is 214 g/mol. The third kappa shape index (κ3) is 7.45. The van der Waals surface area contributed by atoms with Crippen LogP contribution in [0.4, 0.5) is 0 Å². The second-order valence-corrected chi connectivity index (χ2v) is 3.15. The van der Waals surface area contributed by atoms with Crippen LogP contribution in [0.5, 0.6) is 0 Å². The number of carboxylic acids is 2. The van der Waals surface area contributed by atoms with Crippen molar-refractivity contribution >= 4 is 11.9 Å². The van der Waals surface area contributed by atoms with E-state index in [0.29, 0.717) is 13.0 Å². The fourth-order valence-corrected chi connectivity index (χ4v) is 0.548. The summed E-state index contributed by atoms with van der Waals surface area (Å²) in [6.07, 6.45) is 0.601. The van der Waals surface area contributed by atoms with E-state index in [1.807, 2.05) is 0 Å². The minimum Gasteiger partial charge on any atom is -0.478 e. The van der Waals surface area contributed by atoms with Crippen molar-refractivity contribution in [3.05, 3.63) is 24.3 Å². The normalized spacial score (nSPS) is 17.0. The van der Waals surface area contributed by atoms with Crippen molar-refractivity contribution in [1.82, 2.24) is 0 Å². The highest BCUT2D eigenvalue weighted by molar-refractivity contribution is 5.85. The zero-order valence-corrected chi connectivity index (χ0v) is 8.52. The molecule has 0 bridgehead atoms. The minimum absolute atomic E-state index is 0.133. The molecule has 0 spiro atoms. The van der Waals surface area contributed by atoms with Gasteiger partial charge in [-0.25, -0.2) is 9.59 Å². The van der Waals surface area contributed by atoms with Crippen molar-refractivity contribution in [3.8, 4) is 0 Å². The molecule has 1 saturated heterocycles. The zero-order valence-electron chi connectivity index (χ0n) is 8.52. The van der Waals surface area contributed by atoms with Gasteiger partial charge < -0.3 is 14.9 Å². The van der Waals surface area contributed by atoms with Crippen LogP contribution < -0.4 is 0 Å². The molecule has 0 aliphatic carbocycles. The maximum Gasteiger partial charge on any atom is 0.331 e. The Morgan fingerprint density at radius 3 is 1.93 bits per heavy atom. The molecule has 1 heterocycles. The third-order valence-electron chi connectivity index (χ3n) is 1.54. The average Bonchev–Trinajstić information content (AvgIpc) is 2.88. The van der Waals surface area contributed by atoms with Crippen molar-refractivity contribution in [2.75, 3.05) is 6.61 Å². The first kappa shape index (κ1) is 13.4. The number of aliphatic carboxylic acids is 2. The molecule has 0 aromatic carbocycles. The van der Waals surface area contributed by atoms with Gasteiger partial charge in [-0.1, -0.05) is 13.2 Å². The van der Waals surface area contributed by atoms with Crippen molar-refractivity contribution < 1.29 is 24.5 Å². The summed E-state index contributed by atoms with van der Waals surface area (Å²) in [5.41, 5.74) is 0.410. The van der Waals surface area contributed by atoms with E-state index in [4.69, 9.17) is 14.9 Å². The van der Waals surface area contributed by atoms with E-state index >= 15 is 0 Å². The summed E-state index contributed by atoms with van der Waals surface area (Å²) in [7, 11) is 0. The molecule has 15 heavy (non-hydrogen) atoms. The number of hydrogen-bond acceptors (Lipinski definition) is 3. The fourth-order valence-electron chi connectivity index (χ4n) is 0.548. The van der Waals surface area contributed by atoms with Crippen LogP contribution in [0.25, 0.3) is 0 Å². The van der Waals surface area contributed by atoms with Gasteiger partial charge >= 0.3 is 11.9 Å². The maximum absolute atomic E-state index is 10.1. The minimum atomic E-state index is -0.935. The van der Waals surface area contributed by atoms with E-state index in [1.54, 1.807) is 0 Å². The second-order valence-electron chi connectivity index (χ2n) is 3.15. The van der Waals surface area contributed by atoms with E-state index in [-0.39, 0.29) is 17.3 Å². The van der Waals surface area contributed by atoms with Gasteiger partial charge in [0, 0.05) is 17.6 Å². The van der Waals surface area contributed by atoms with Crippen molar-refractivity contribution in [2.45, 2.75) is 19.4 Å². The Morgan fingerprint density at radius 1 is 1.33 bits per heavy atom. The van der Waals surface area contributed by atoms with Crippen LogP contribution in [0.1, 0.15) is 13.3 Å². The van der Waals surface area contributed by atoms with Gasteiger partial charge in [0.25, 0.3) is 0 Å². The molecule has 1 fully saturated rings. The number of epoxide rings is 1. The van der Waals surface area contributed by atoms with E-state index in [1.165, 1.54) is 6.92 Å². The average molecular weight is 214 g/mol. The number of ether oxygens (including phenoxy) is 1. The van der Waals surface area contributed by atoms with Crippen molar-refractivity contribution in [3.63, 3.8) is 0 Å². The molecule has 2 N–H and O–H groups in total. The Hall–Kier alpha value is -1.62. The van der Waals surface area contributed by atoms with Gasteiger partial charge in [-0.15, -0.1) is 0 Å². The van der Waals surface area contributed by atoms with Gasteiger partial charge in [0.1, 0.15) is 0 Å².